The highest BCUT2D eigenvalue weighted by Gasteiger charge is 2.26. The van der Waals surface area contributed by atoms with E-state index in [-0.39, 0.29) is 16.2 Å². The molecule has 1 aliphatic rings. The van der Waals surface area contributed by atoms with Crippen LogP contribution in [0.3, 0.4) is 0 Å². The highest BCUT2D eigenvalue weighted by atomic mass is 32.1. The lowest BCUT2D eigenvalue weighted by molar-refractivity contribution is 0.526. The molecule has 19 heavy (non-hydrogen) atoms. The molecule has 2 nitrogen and oxygen atoms in total. The van der Waals surface area contributed by atoms with Gasteiger partial charge in [0.1, 0.15) is 22.3 Å². The fraction of sp³-hybridized carbons (Fsp3) is 0.500. The molecule has 0 amide bonds. The zero-order valence-corrected chi connectivity index (χ0v) is 11.8. The molecule has 0 spiro atoms. The largest absolute Gasteiger partial charge is 0.389 e. The standard InChI is InChI=1S/C14H18F2N2S/c1-2-3-9-4-5-18(8-9)13-11(15)6-10(14(17)19)7-12(13)16/h6-7,9H,2-5,8H2,1H3,(H2,17,19). The molecular weight excluding hydrogens is 266 g/mol. The predicted molar refractivity (Wildman–Crippen MR) is 77.5 cm³/mol. The Hall–Kier alpha value is -1.23. The van der Waals surface area contributed by atoms with E-state index in [1.165, 1.54) is 12.1 Å². The van der Waals surface area contributed by atoms with Gasteiger partial charge in [-0.2, -0.15) is 0 Å². The van der Waals surface area contributed by atoms with E-state index < -0.39 is 11.6 Å². The smallest absolute Gasteiger partial charge is 0.150 e. The quantitative estimate of drug-likeness (QED) is 0.861. The maximum absolute atomic E-state index is 14.0. The minimum Gasteiger partial charge on any atom is -0.389 e. The van der Waals surface area contributed by atoms with Crippen molar-refractivity contribution in [2.45, 2.75) is 26.2 Å². The van der Waals surface area contributed by atoms with Gasteiger partial charge in [-0.15, -0.1) is 0 Å². The van der Waals surface area contributed by atoms with Crippen molar-refractivity contribution < 1.29 is 8.78 Å². The maximum Gasteiger partial charge on any atom is 0.150 e. The van der Waals surface area contributed by atoms with Gasteiger partial charge in [0, 0.05) is 18.7 Å². The molecule has 1 unspecified atom stereocenters. The number of hydrogen-bond acceptors (Lipinski definition) is 2. The van der Waals surface area contributed by atoms with Crippen molar-refractivity contribution in [2.75, 3.05) is 18.0 Å². The van der Waals surface area contributed by atoms with E-state index in [9.17, 15) is 8.78 Å². The van der Waals surface area contributed by atoms with Gasteiger partial charge in [0.15, 0.2) is 0 Å². The van der Waals surface area contributed by atoms with Crippen molar-refractivity contribution >= 4 is 22.9 Å². The zero-order valence-electron chi connectivity index (χ0n) is 11.0. The Labute approximate surface area is 117 Å². The maximum atomic E-state index is 14.0. The summed E-state index contributed by atoms with van der Waals surface area (Å²) in [5, 5.41) is 0. The van der Waals surface area contributed by atoms with E-state index >= 15 is 0 Å². The Morgan fingerprint density at radius 3 is 2.58 bits per heavy atom. The van der Waals surface area contributed by atoms with Crippen LogP contribution in [0.5, 0.6) is 0 Å². The number of hydrogen-bond donors (Lipinski definition) is 1. The lowest BCUT2D eigenvalue weighted by Gasteiger charge is -2.20. The van der Waals surface area contributed by atoms with Gasteiger partial charge < -0.3 is 10.6 Å². The van der Waals surface area contributed by atoms with E-state index in [1.54, 1.807) is 4.90 Å². The fourth-order valence-corrected chi connectivity index (χ4v) is 2.81. The number of halogens is 2. The molecule has 1 atom stereocenters. The number of thiocarbonyl (C=S) groups is 1. The summed E-state index contributed by atoms with van der Waals surface area (Å²) in [4.78, 5) is 1.79. The Balaban J connectivity index is 2.24. The highest BCUT2D eigenvalue weighted by molar-refractivity contribution is 7.80. The van der Waals surface area contributed by atoms with Crippen LogP contribution in [0.15, 0.2) is 12.1 Å². The molecule has 2 N–H and O–H groups in total. The van der Waals surface area contributed by atoms with E-state index in [0.29, 0.717) is 19.0 Å². The zero-order chi connectivity index (χ0) is 14.0. The van der Waals surface area contributed by atoms with Crippen LogP contribution in [-0.2, 0) is 0 Å². The molecule has 104 valence electrons. The van der Waals surface area contributed by atoms with Gasteiger partial charge in [0.25, 0.3) is 0 Å². The first-order valence-electron chi connectivity index (χ1n) is 6.56. The van der Waals surface area contributed by atoms with Crippen LogP contribution in [-0.4, -0.2) is 18.1 Å². The summed E-state index contributed by atoms with van der Waals surface area (Å²) < 4.78 is 28.1. The number of anilines is 1. The minimum absolute atomic E-state index is 0.00892. The van der Waals surface area contributed by atoms with Crippen LogP contribution < -0.4 is 10.6 Å². The topological polar surface area (TPSA) is 29.3 Å². The Bertz CT molecular complexity index is 467. The molecular formula is C14H18F2N2S. The molecule has 0 bridgehead atoms. The Kier molecular flexibility index (Phi) is 4.34. The average molecular weight is 284 g/mol. The minimum atomic E-state index is -0.583. The molecule has 2 rings (SSSR count). The van der Waals surface area contributed by atoms with Crippen molar-refractivity contribution in [1.82, 2.24) is 0 Å². The highest BCUT2D eigenvalue weighted by Crippen LogP contribution is 2.31. The number of nitrogens with zero attached hydrogens (tertiary/aromatic N) is 1. The lowest BCUT2D eigenvalue weighted by atomic mass is 10.0. The lowest BCUT2D eigenvalue weighted by Crippen LogP contribution is -2.23. The average Bonchev–Trinajstić information content (AvgIpc) is 2.77. The van der Waals surface area contributed by atoms with Crippen LogP contribution in [0.25, 0.3) is 0 Å². The van der Waals surface area contributed by atoms with Crippen LogP contribution in [0.1, 0.15) is 31.7 Å². The van der Waals surface area contributed by atoms with Crippen molar-refractivity contribution in [2.24, 2.45) is 11.7 Å². The fourth-order valence-electron chi connectivity index (χ4n) is 2.69. The van der Waals surface area contributed by atoms with E-state index in [4.69, 9.17) is 18.0 Å². The van der Waals surface area contributed by atoms with Crippen molar-refractivity contribution in [3.05, 3.63) is 29.3 Å². The summed E-state index contributed by atoms with van der Waals surface area (Å²) >= 11 is 4.74. The van der Waals surface area contributed by atoms with Gasteiger partial charge >= 0.3 is 0 Å². The van der Waals surface area contributed by atoms with E-state index in [2.05, 4.69) is 6.92 Å². The monoisotopic (exact) mass is 284 g/mol. The number of nitrogens with two attached hydrogens (primary N) is 1. The SMILES string of the molecule is CCCC1CCN(c2c(F)cc(C(N)=S)cc2F)C1. The molecule has 1 heterocycles. The summed E-state index contributed by atoms with van der Waals surface area (Å²) in [5.74, 6) is -0.640. The van der Waals surface area contributed by atoms with E-state index in [1.807, 2.05) is 0 Å². The van der Waals surface area contributed by atoms with Gasteiger partial charge in [0.2, 0.25) is 0 Å². The normalized spacial score (nSPS) is 18.9. The van der Waals surface area contributed by atoms with Crippen LogP contribution in [0, 0.1) is 17.6 Å². The molecule has 1 aromatic rings. The van der Waals surface area contributed by atoms with Gasteiger partial charge in [-0.3, -0.25) is 0 Å². The second-order valence-corrected chi connectivity index (χ2v) is 5.48. The summed E-state index contributed by atoms with van der Waals surface area (Å²) in [6.45, 7) is 3.54. The molecule has 0 saturated carbocycles. The summed E-state index contributed by atoms with van der Waals surface area (Å²) in [6.07, 6.45) is 3.19. The second-order valence-electron chi connectivity index (χ2n) is 5.04. The summed E-state index contributed by atoms with van der Waals surface area (Å²) in [5.41, 5.74) is 5.69. The molecule has 0 aromatic heterocycles. The molecule has 1 fully saturated rings. The first-order chi connectivity index (χ1) is 9.02. The van der Waals surface area contributed by atoms with Gasteiger partial charge in [0.05, 0.1) is 0 Å². The number of rotatable bonds is 4. The second kappa shape index (κ2) is 5.82. The first kappa shape index (κ1) is 14.2. The Morgan fingerprint density at radius 1 is 1.42 bits per heavy atom. The molecule has 1 saturated heterocycles. The van der Waals surface area contributed by atoms with Crippen molar-refractivity contribution in [3.63, 3.8) is 0 Å². The van der Waals surface area contributed by atoms with Crippen molar-refractivity contribution in [3.8, 4) is 0 Å². The van der Waals surface area contributed by atoms with Gasteiger partial charge in [-0.25, -0.2) is 8.78 Å². The third-order valence-corrected chi connectivity index (χ3v) is 3.84. The molecule has 1 aliphatic heterocycles. The Morgan fingerprint density at radius 2 is 2.05 bits per heavy atom. The van der Waals surface area contributed by atoms with Gasteiger partial charge in [-0.1, -0.05) is 25.6 Å². The third-order valence-electron chi connectivity index (χ3n) is 3.60. The molecule has 0 radical (unpaired) electrons. The molecule has 5 heteroatoms. The molecule has 0 aliphatic carbocycles. The van der Waals surface area contributed by atoms with Crippen LogP contribution in [0.2, 0.25) is 0 Å². The third kappa shape index (κ3) is 3.03. The molecule has 1 aromatic carbocycles. The predicted octanol–water partition coefficient (Wildman–Crippen LogP) is 3.23. The van der Waals surface area contributed by atoms with Crippen LogP contribution in [0.4, 0.5) is 14.5 Å². The van der Waals surface area contributed by atoms with E-state index in [0.717, 1.165) is 19.3 Å². The van der Waals surface area contributed by atoms with Crippen LogP contribution >= 0.6 is 12.2 Å². The van der Waals surface area contributed by atoms with Crippen molar-refractivity contribution in [1.29, 1.82) is 0 Å². The first-order valence-corrected chi connectivity index (χ1v) is 6.97. The number of benzene rings is 1. The van der Waals surface area contributed by atoms with Gasteiger partial charge in [-0.05, 0) is 30.9 Å². The summed E-state index contributed by atoms with van der Waals surface area (Å²) in [6, 6.07) is 2.43. The summed E-state index contributed by atoms with van der Waals surface area (Å²) in [7, 11) is 0.